The van der Waals surface area contributed by atoms with E-state index >= 15 is 0 Å². The van der Waals surface area contributed by atoms with Crippen LogP contribution in [-0.2, 0) is 27.9 Å². The average Bonchev–Trinajstić information content (AvgIpc) is 3.13. The summed E-state index contributed by atoms with van der Waals surface area (Å²) in [7, 11) is 1.35. The normalized spacial score (nSPS) is 11.9. The maximum absolute atomic E-state index is 14.3. The molecule has 0 spiro atoms. The van der Waals surface area contributed by atoms with Gasteiger partial charge >= 0.3 is 5.97 Å². The fourth-order valence-corrected chi connectivity index (χ4v) is 5.85. The van der Waals surface area contributed by atoms with E-state index in [-0.39, 0.29) is 30.0 Å². The fourth-order valence-electron chi connectivity index (χ4n) is 5.85. The summed E-state index contributed by atoms with van der Waals surface area (Å²) in [4.78, 5) is 33.9. The minimum Gasteiger partial charge on any atom is -0.467 e. The molecular formula is C43H40N2O4. The number of rotatable bonds is 10. The molecule has 1 amide bonds. The summed E-state index contributed by atoms with van der Waals surface area (Å²) < 4.78 is 11.4. The first-order valence-electron chi connectivity index (χ1n) is 16.4. The maximum atomic E-state index is 14.3. The number of nitrogens with zero attached hydrogens (tertiary/aromatic N) is 2. The molecule has 0 aliphatic rings. The Morgan fingerprint density at radius 2 is 1.33 bits per heavy atom. The lowest BCUT2D eigenvalue weighted by Gasteiger charge is -2.30. The van der Waals surface area contributed by atoms with Gasteiger partial charge < -0.3 is 14.4 Å². The number of carbonyl (C=O) groups excluding carboxylic acids is 2. The summed E-state index contributed by atoms with van der Waals surface area (Å²) in [6.45, 7) is 6.75. The second kappa shape index (κ2) is 14.6. The van der Waals surface area contributed by atoms with E-state index in [9.17, 15) is 9.59 Å². The van der Waals surface area contributed by atoms with Gasteiger partial charge in [0.1, 0.15) is 23.2 Å². The first-order chi connectivity index (χ1) is 23.7. The van der Waals surface area contributed by atoms with Gasteiger partial charge in [-0.05, 0) is 69.0 Å². The molecule has 6 aromatic rings. The summed E-state index contributed by atoms with van der Waals surface area (Å²) in [5.41, 5.74) is 5.51. The van der Waals surface area contributed by atoms with Crippen LogP contribution in [0.1, 0.15) is 48.0 Å². The van der Waals surface area contributed by atoms with Crippen LogP contribution in [0.25, 0.3) is 21.9 Å². The monoisotopic (exact) mass is 648 g/mol. The third kappa shape index (κ3) is 8.04. The third-order valence-corrected chi connectivity index (χ3v) is 8.66. The number of esters is 1. The Morgan fingerprint density at radius 1 is 0.694 bits per heavy atom. The van der Waals surface area contributed by atoms with Crippen molar-refractivity contribution in [1.82, 2.24) is 9.88 Å². The van der Waals surface area contributed by atoms with Crippen LogP contribution in [0.3, 0.4) is 0 Å². The zero-order valence-corrected chi connectivity index (χ0v) is 28.3. The van der Waals surface area contributed by atoms with Crippen LogP contribution in [0.5, 0.6) is 11.5 Å². The number of benzene rings is 5. The first-order valence-corrected chi connectivity index (χ1v) is 16.4. The van der Waals surface area contributed by atoms with E-state index < -0.39 is 12.0 Å². The number of hydrogen-bond acceptors (Lipinski definition) is 5. The summed E-state index contributed by atoms with van der Waals surface area (Å²) >= 11 is 0. The highest BCUT2D eigenvalue weighted by Crippen LogP contribution is 2.29. The molecule has 6 nitrogen and oxygen atoms in total. The smallest absolute Gasteiger partial charge is 0.328 e. The molecule has 0 bridgehead atoms. The largest absolute Gasteiger partial charge is 0.467 e. The molecule has 1 heterocycles. The standard InChI is InChI=1S/C43H40N2O4/c1-43(2,3)36-20-23-37(24-21-36)49-38-22-19-34-27-39(44-28-35(34)26-38)41(46)45(29-31-11-7-5-8-12-31)40(42(47)48-4)25-30-15-17-33(18-16-30)32-13-9-6-10-14-32/h5-24,26-28,40H,25,29H2,1-4H3/t40-/m0/s1. The van der Waals surface area contributed by atoms with E-state index in [1.165, 1.54) is 12.7 Å². The predicted octanol–water partition coefficient (Wildman–Crippen LogP) is 9.42. The number of fused-ring (bicyclic) bond motifs is 1. The van der Waals surface area contributed by atoms with E-state index in [1.807, 2.05) is 103 Å². The third-order valence-electron chi connectivity index (χ3n) is 8.66. The fraction of sp³-hybridized carbons (Fsp3) is 0.186. The lowest BCUT2D eigenvalue weighted by atomic mass is 9.87. The van der Waals surface area contributed by atoms with Crippen LogP contribution in [0.2, 0.25) is 0 Å². The summed E-state index contributed by atoms with van der Waals surface area (Å²) in [6.07, 6.45) is 1.96. The predicted molar refractivity (Wildman–Crippen MR) is 195 cm³/mol. The van der Waals surface area contributed by atoms with Crippen molar-refractivity contribution in [3.8, 4) is 22.6 Å². The van der Waals surface area contributed by atoms with Gasteiger partial charge in [-0.15, -0.1) is 0 Å². The number of aromatic nitrogens is 1. The van der Waals surface area contributed by atoms with Gasteiger partial charge in [-0.1, -0.05) is 124 Å². The van der Waals surface area contributed by atoms with Crippen LogP contribution in [0.4, 0.5) is 0 Å². The van der Waals surface area contributed by atoms with Crippen molar-refractivity contribution >= 4 is 22.6 Å². The summed E-state index contributed by atoms with van der Waals surface area (Å²) in [6, 6.07) is 42.5. The molecule has 0 N–H and O–H groups in total. The van der Waals surface area contributed by atoms with E-state index in [2.05, 4.69) is 50.0 Å². The molecule has 0 unspecified atom stereocenters. The van der Waals surface area contributed by atoms with Crippen molar-refractivity contribution in [3.63, 3.8) is 0 Å². The van der Waals surface area contributed by atoms with Crippen LogP contribution in [0, 0.1) is 0 Å². The van der Waals surface area contributed by atoms with Gasteiger partial charge in [-0.2, -0.15) is 0 Å². The molecule has 6 heteroatoms. The molecule has 0 aliphatic carbocycles. The molecule has 246 valence electrons. The van der Waals surface area contributed by atoms with Crippen molar-refractivity contribution in [1.29, 1.82) is 0 Å². The van der Waals surface area contributed by atoms with Gasteiger partial charge in [0.15, 0.2) is 0 Å². The molecule has 0 saturated carbocycles. The van der Waals surface area contributed by atoms with Gasteiger partial charge in [-0.3, -0.25) is 9.78 Å². The van der Waals surface area contributed by atoms with Crippen LogP contribution in [0.15, 0.2) is 140 Å². The Balaban J connectivity index is 1.27. The SMILES string of the molecule is COC(=O)[C@H](Cc1ccc(-c2ccccc2)cc1)N(Cc1ccccc1)C(=O)c1cc2ccc(Oc3ccc(C(C)(C)C)cc3)cc2cn1. The van der Waals surface area contributed by atoms with E-state index in [1.54, 1.807) is 17.2 Å². The number of ether oxygens (including phenoxy) is 2. The van der Waals surface area contributed by atoms with Crippen molar-refractivity contribution in [2.24, 2.45) is 0 Å². The van der Waals surface area contributed by atoms with Crippen molar-refractivity contribution < 1.29 is 19.1 Å². The topological polar surface area (TPSA) is 68.7 Å². The second-order valence-corrected chi connectivity index (χ2v) is 13.2. The minimum absolute atomic E-state index is 0.0595. The average molecular weight is 649 g/mol. The molecule has 0 aliphatic heterocycles. The van der Waals surface area contributed by atoms with Crippen LogP contribution in [-0.4, -0.2) is 34.9 Å². The van der Waals surface area contributed by atoms with Gasteiger partial charge in [0, 0.05) is 24.5 Å². The Hall–Kier alpha value is -5.75. The summed E-state index contributed by atoms with van der Waals surface area (Å²) in [5, 5.41) is 1.66. The van der Waals surface area contributed by atoms with E-state index in [0.29, 0.717) is 5.75 Å². The lowest BCUT2D eigenvalue weighted by Crippen LogP contribution is -2.46. The Morgan fingerprint density at radius 3 is 1.98 bits per heavy atom. The van der Waals surface area contributed by atoms with Gasteiger partial charge in [0.25, 0.3) is 5.91 Å². The molecular weight excluding hydrogens is 608 g/mol. The molecule has 5 aromatic carbocycles. The highest BCUT2D eigenvalue weighted by atomic mass is 16.5. The number of amides is 1. The molecule has 0 fully saturated rings. The van der Waals surface area contributed by atoms with Gasteiger partial charge in [0.2, 0.25) is 0 Å². The maximum Gasteiger partial charge on any atom is 0.328 e. The molecule has 0 saturated heterocycles. The van der Waals surface area contributed by atoms with E-state index in [4.69, 9.17) is 9.47 Å². The zero-order chi connectivity index (χ0) is 34.4. The first kappa shape index (κ1) is 33.2. The Kier molecular flexibility index (Phi) is 9.86. The highest BCUT2D eigenvalue weighted by Gasteiger charge is 2.32. The number of methoxy groups -OCH3 is 1. The van der Waals surface area contributed by atoms with Gasteiger partial charge in [-0.25, -0.2) is 4.79 Å². The zero-order valence-electron chi connectivity index (χ0n) is 28.3. The van der Waals surface area contributed by atoms with Crippen LogP contribution >= 0.6 is 0 Å². The Bertz CT molecular complexity index is 2040. The minimum atomic E-state index is -0.877. The molecule has 1 aromatic heterocycles. The number of carbonyl (C=O) groups is 2. The lowest BCUT2D eigenvalue weighted by molar-refractivity contribution is -0.146. The van der Waals surface area contributed by atoms with Crippen molar-refractivity contribution in [3.05, 3.63) is 162 Å². The van der Waals surface area contributed by atoms with Crippen LogP contribution < -0.4 is 4.74 Å². The molecule has 1 atom stereocenters. The Labute approximate surface area is 288 Å². The molecule has 6 rings (SSSR count). The van der Waals surface area contributed by atoms with Gasteiger partial charge in [0.05, 0.1) is 7.11 Å². The number of pyridine rings is 1. The van der Waals surface area contributed by atoms with Crippen molar-refractivity contribution in [2.45, 2.75) is 45.2 Å². The molecule has 0 radical (unpaired) electrons. The summed E-state index contributed by atoms with van der Waals surface area (Å²) in [5.74, 6) is 0.565. The quantitative estimate of drug-likeness (QED) is 0.139. The number of hydrogen-bond donors (Lipinski definition) is 0. The molecule has 49 heavy (non-hydrogen) atoms. The second-order valence-electron chi connectivity index (χ2n) is 13.2. The van der Waals surface area contributed by atoms with Crippen molar-refractivity contribution in [2.75, 3.05) is 7.11 Å². The van der Waals surface area contributed by atoms with E-state index in [0.717, 1.165) is 38.8 Å². The highest BCUT2D eigenvalue weighted by molar-refractivity contribution is 5.98.